The van der Waals surface area contributed by atoms with Gasteiger partial charge in [-0.1, -0.05) is 72.8 Å². The topological polar surface area (TPSA) is 57.4 Å². The molecule has 522 valence electrons. The van der Waals surface area contributed by atoms with E-state index in [4.69, 9.17) is 0 Å². The third kappa shape index (κ3) is 12.9. The molecule has 2 heterocycles. The second-order valence-corrected chi connectivity index (χ2v) is 23.0. The van der Waals surface area contributed by atoms with E-state index in [0.717, 1.165) is 100 Å². The van der Waals surface area contributed by atoms with E-state index < -0.39 is 206 Å². The van der Waals surface area contributed by atoms with Gasteiger partial charge in [-0.05, 0) is 153 Å². The first-order valence-corrected chi connectivity index (χ1v) is 28.7. The van der Waals surface area contributed by atoms with Crippen LogP contribution in [0.2, 0.25) is 0 Å². The number of alkyl halides is 27. The first-order chi connectivity index (χ1) is 47.1. The minimum absolute atomic E-state index is 0.171. The molecule has 0 atom stereocenters. The molecule has 0 amide bonds. The Kier molecular flexibility index (Phi) is 16.5. The van der Waals surface area contributed by atoms with Crippen LogP contribution in [0.4, 0.5) is 119 Å². The normalized spacial score (nSPS) is 13.2. The van der Waals surface area contributed by atoms with Crippen molar-refractivity contribution in [1.82, 2.24) is 9.13 Å². The number of nitrogens with zero attached hydrogens (tertiary/aromatic N) is 4. The number of nitriles is 2. The predicted molar refractivity (Wildman–Crippen MR) is 317 cm³/mol. The van der Waals surface area contributed by atoms with Crippen molar-refractivity contribution >= 4 is 43.6 Å². The van der Waals surface area contributed by atoms with E-state index >= 15 is 39.5 Å². The molecule has 0 bridgehead atoms. The molecule has 0 spiro atoms. The third-order valence-corrected chi connectivity index (χ3v) is 16.8. The van der Waals surface area contributed by atoms with Crippen molar-refractivity contribution in [2.45, 2.75) is 55.6 Å². The largest absolute Gasteiger partial charge is 0.417 e. The first-order valence-electron chi connectivity index (χ1n) is 28.7. The fourth-order valence-electron chi connectivity index (χ4n) is 12.3. The summed E-state index contributed by atoms with van der Waals surface area (Å²) in [6.45, 7) is 0. The average molecular weight is 1450 g/mol. The Hall–Kier alpha value is -11.1. The molecule has 10 aromatic carbocycles. The van der Waals surface area contributed by atoms with Crippen LogP contribution >= 0.6 is 0 Å². The van der Waals surface area contributed by atoms with Crippen molar-refractivity contribution in [3.8, 4) is 79.1 Å². The minimum Gasteiger partial charge on any atom is -0.309 e. The lowest BCUT2D eigenvalue weighted by Crippen LogP contribution is -2.12. The van der Waals surface area contributed by atoms with E-state index in [1.54, 1.807) is 6.07 Å². The van der Waals surface area contributed by atoms with Crippen LogP contribution in [0.15, 0.2) is 176 Å². The van der Waals surface area contributed by atoms with Crippen LogP contribution in [-0.4, -0.2) is 9.13 Å². The second-order valence-electron chi connectivity index (χ2n) is 23.0. The summed E-state index contributed by atoms with van der Waals surface area (Å²) in [4.78, 5) is 0. The predicted octanol–water partition coefficient (Wildman–Crippen LogP) is 25.1. The molecular weight excluding hydrogens is 1420 g/mol. The molecule has 102 heavy (non-hydrogen) atoms. The molecule has 0 N–H and O–H groups in total. The van der Waals surface area contributed by atoms with Crippen molar-refractivity contribution in [2.24, 2.45) is 0 Å². The summed E-state index contributed by atoms with van der Waals surface area (Å²) in [6.07, 6.45) is -49.4. The Balaban J connectivity index is 1.26. The van der Waals surface area contributed by atoms with Gasteiger partial charge in [0.25, 0.3) is 0 Å². The average Bonchev–Trinajstić information content (AvgIpc) is 1.53. The highest BCUT2D eigenvalue weighted by Crippen LogP contribution is 2.51. The number of aromatic nitrogens is 2. The smallest absolute Gasteiger partial charge is 0.309 e. The van der Waals surface area contributed by atoms with E-state index in [9.17, 15) is 89.6 Å². The fourth-order valence-corrected chi connectivity index (χ4v) is 12.3. The summed E-state index contributed by atoms with van der Waals surface area (Å²) >= 11 is 0. The first kappa shape index (κ1) is 70.7. The van der Waals surface area contributed by atoms with Crippen LogP contribution in [0, 0.1) is 22.7 Å². The van der Waals surface area contributed by atoms with Gasteiger partial charge in [-0.15, -0.1) is 0 Å². The van der Waals surface area contributed by atoms with E-state index in [1.165, 1.54) is 6.07 Å². The molecule has 31 heteroatoms. The standard InChI is InChI=1S/C71H29F27N4/c72-63(73,74)39-5-13-44(53(25-39)68(87,88)89)33-1-9-48-49-10-2-34(45-14-6-40(64(75,76)77)26-54(45)69(90,91)92)21-59(49)101(58(48)20-33)57-29-52(37-17-32(30-99)18-43(19-37)67(84,85)86)62(24-38(57)31-100)102-60-22-35(46-15-7-41(65(78,79)80)27-55(46)70(93,94)95)3-11-50(60)51-12-4-36(23-61(51)102)47-16-8-42(66(81,82)83)28-56(47)71(96,97)98/h1-29H. The number of halogens is 27. The van der Waals surface area contributed by atoms with Crippen LogP contribution in [-0.2, 0) is 55.6 Å². The lowest BCUT2D eigenvalue weighted by atomic mass is 9.95. The van der Waals surface area contributed by atoms with Crippen LogP contribution in [0.1, 0.15) is 61.2 Å². The van der Waals surface area contributed by atoms with Gasteiger partial charge >= 0.3 is 55.6 Å². The molecule has 12 rings (SSSR count). The van der Waals surface area contributed by atoms with Gasteiger partial charge in [0.1, 0.15) is 6.07 Å². The Labute approximate surface area is 552 Å². The van der Waals surface area contributed by atoms with Crippen molar-refractivity contribution in [1.29, 1.82) is 10.5 Å². The highest BCUT2D eigenvalue weighted by molar-refractivity contribution is 6.13. The molecule has 0 unspecified atom stereocenters. The molecule has 0 aliphatic carbocycles. The van der Waals surface area contributed by atoms with E-state index in [1.807, 2.05) is 0 Å². The number of fused-ring (bicyclic) bond motifs is 6. The number of hydrogen-bond acceptors (Lipinski definition) is 2. The number of benzene rings is 10. The Morgan fingerprint density at radius 1 is 0.225 bits per heavy atom. The number of rotatable bonds is 7. The van der Waals surface area contributed by atoms with Gasteiger partial charge in [0.15, 0.2) is 0 Å². The van der Waals surface area contributed by atoms with E-state index in [2.05, 4.69) is 0 Å². The maximum atomic E-state index is 15.2. The lowest BCUT2D eigenvalue weighted by Gasteiger charge is -2.21. The van der Waals surface area contributed by atoms with Gasteiger partial charge in [-0.3, -0.25) is 0 Å². The fraction of sp³-hybridized carbons (Fsp3) is 0.127. The molecule has 0 saturated heterocycles. The quantitative estimate of drug-likeness (QED) is 0.149. The summed E-state index contributed by atoms with van der Waals surface area (Å²) in [5.41, 5.74) is -29.4. The Morgan fingerprint density at radius 3 is 0.765 bits per heavy atom. The monoisotopic (exact) mass is 1450 g/mol. The van der Waals surface area contributed by atoms with Gasteiger partial charge in [-0.25, -0.2) is 0 Å². The molecule has 0 fully saturated rings. The van der Waals surface area contributed by atoms with Crippen LogP contribution in [0.5, 0.6) is 0 Å². The van der Waals surface area contributed by atoms with Gasteiger partial charge in [-0.2, -0.15) is 129 Å². The molecule has 4 nitrogen and oxygen atoms in total. The lowest BCUT2D eigenvalue weighted by molar-refractivity contribution is -0.144. The zero-order chi connectivity index (χ0) is 74.5. The van der Waals surface area contributed by atoms with E-state index in [-0.39, 0.29) is 70.1 Å². The van der Waals surface area contributed by atoms with Crippen LogP contribution in [0.25, 0.3) is 111 Å². The minimum atomic E-state index is -5.61. The Bertz CT molecular complexity index is 5270. The summed E-state index contributed by atoms with van der Waals surface area (Å²) in [5.74, 6) is 0. The molecular formula is C71H29F27N4. The van der Waals surface area contributed by atoms with Crippen molar-refractivity contribution in [2.75, 3.05) is 0 Å². The van der Waals surface area contributed by atoms with Crippen molar-refractivity contribution < 1.29 is 119 Å². The molecule has 0 radical (unpaired) electrons. The highest BCUT2D eigenvalue weighted by atomic mass is 19.4. The molecule has 2 aromatic heterocycles. The highest BCUT2D eigenvalue weighted by Gasteiger charge is 2.44. The Morgan fingerprint density at radius 2 is 0.510 bits per heavy atom. The van der Waals surface area contributed by atoms with Gasteiger partial charge in [0.2, 0.25) is 0 Å². The van der Waals surface area contributed by atoms with Gasteiger partial charge in [0, 0.05) is 27.1 Å². The molecule has 0 aliphatic rings. The second kappa shape index (κ2) is 23.8. The summed E-state index contributed by atoms with van der Waals surface area (Å²) in [6, 6.07) is 19.4. The van der Waals surface area contributed by atoms with Gasteiger partial charge in [0.05, 0.1) is 101 Å². The zero-order valence-corrected chi connectivity index (χ0v) is 49.7. The maximum absolute atomic E-state index is 15.2. The molecule has 0 aliphatic heterocycles. The summed E-state index contributed by atoms with van der Waals surface area (Å²) < 4.78 is 396. The SMILES string of the molecule is N#Cc1cc(-c2cc(-n3c4cc(-c5ccc(C(F)(F)F)cc5C(F)(F)F)ccc4c4ccc(-c5ccc(C(F)(F)F)cc5C(F)(F)F)cc43)c(C#N)cc2-n2c3cc(-c4ccc(C(F)(F)F)cc4C(F)(F)F)ccc3c3ccc(-c4ccc(C(F)(F)F)cc4C(F)(F)F)cc32)cc(C(F)(F)F)c1. The van der Waals surface area contributed by atoms with Crippen LogP contribution < -0.4 is 0 Å². The zero-order valence-electron chi connectivity index (χ0n) is 49.7. The summed E-state index contributed by atoms with van der Waals surface area (Å²) in [5, 5.41) is 21.1. The van der Waals surface area contributed by atoms with Gasteiger partial charge < -0.3 is 9.13 Å². The van der Waals surface area contributed by atoms with Crippen LogP contribution in [0.3, 0.4) is 0 Å². The maximum Gasteiger partial charge on any atom is 0.417 e. The third-order valence-electron chi connectivity index (χ3n) is 16.8. The van der Waals surface area contributed by atoms with Crippen molar-refractivity contribution in [3.63, 3.8) is 0 Å². The van der Waals surface area contributed by atoms with E-state index in [0.29, 0.717) is 36.4 Å². The summed E-state index contributed by atoms with van der Waals surface area (Å²) in [7, 11) is 0. The number of hydrogen-bond donors (Lipinski definition) is 0. The van der Waals surface area contributed by atoms with Crippen molar-refractivity contribution in [3.05, 3.63) is 237 Å². The molecule has 12 aromatic rings. The molecule has 0 saturated carbocycles.